The molecular weight excluding hydrogens is 204 g/mol. The number of aryl methyl sites for hydroxylation is 1. The van der Waals surface area contributed by atoms with Crippen LogP contribution in [0.1, 0.15) is 37.8 Å². The molecule has 3 atom stereocenters. The molecule has 0 spiro atoms. The SMILES string of the molecule is Cc1ccc(C(CN)NC(C)CC(C)O)o1. The lowest BCUT2D eigenvalue weighted by Crippen LogP contribution is -2.36. The van der Waals surface area contributed by atoms with Gasteiger partial charge in [0.1, 0.15) is 11.5 Å². The van der Waals surface area contributed by atoms with Crippen LogP contribution in [0.3, 0.4) is 0 Å². The molecule has 4 N–H and O–H groups in total. The van der Waals surface area contributed by atoms with Crippen molar-refractivity contribution in [1.82, 2.24) is 5.32 Å². The summed E-state index contributed by atoms with van der Waals surface area (Å²) in [6.45, 7) is 6.21. The summed E-state index contributed by atoms with van der Waals surface area (Å²) in [7, 11) is 0. The molecule has 1 heterocycles. The van der Waals surface area contributed by atoms with Crippen molar-refractivity contribution in [1.29, 1.82) is 0 Å². The summed E-state index contributed by atoms with van der Waals surface area (Å²) in [5.41, 5.74) is 5.71. The van der Waals surface area contributed by atoms with E-state index in [0.29, 0.717) is 13.0 Å². The third-order valence-electron chi connectivity index (χ3n) is 2.52. The number of nitrogens with two attached hydrogens (primary N) is 1. The highest BCUT2D eigenvalue weighted by atomic mass is 16.3. The maximum Gasteiger partial charge on any atom is 0.122 e. The van der Waals surface area contributed by atoms with Gasteiger partial charge in [0, 0.05) is 12.6 Å². The van der Waals surface area contributed by atoms with Crippen molar-refractivity contribution in [2.24, 2.45) is 5.73 Å². The van der Waals surface area contributed by atoms with Crippen molar-refractivity contribution >= 4 is 0 Å². The van der Waals surface area contributed by atoms with Gasteiger partial charge < -0.3 is 20.6 Å². The van der Waals surface area contributed by atoms with Gasteiger partial charge in [0.25, 0.3) is 0 Å². The fraction of sp³-hybridized carbons (Fsp3) is 0.667. The fourth-order valence-corrected chi connectivity index (χ4v) is 1.83. The summed E-state index contributed by atoms with van der Waals surface area (Å²) in [6, 6.07) is 4.09. The normalized spacial score (nSPS) is 17.1. The van der Waals surface area contributed by atoms with Gasteiger partial charge in [-0.15, -0.1) is 0 Å². The molecule has 0 aliphatic rings. The number of furan rings is 1. The van der Waals surface area contributed by atoms with Crippen LogP contribution in [0.4, 0.5) is 0 Å². The molecule has 0 aliphatic carbocycles. The van der Waals surface area contributed by atoms with Gasteiger partial charge in [0.15, 0.2) is 0 Å². The number of hydrogen-bond donors (Lipinski definition) is 3. The van der Waals surface area contributed by atoms with Gasteiger partial charge in [-0.3, -0.25) is 0 Å². The van der Waals surface area contributed by atoms with Crippen LogP contribution in [0, 0.1) is 6.92 Å². The van der Waals surface area contributed by atoms with Crippen LogP contribution in [0.2, 0.25) is 0 Å². The Morgan fingerprint density at radius 1 is 1.44 bits per heavy atom. The fourth-order valence-electron chi connectivity index (χ4n) is 1.83. The Bertz CT molecular complexity index is 310. The third kappa shape index (κ3) is 3.96. The second kappa shape index (κ2) is 6.03. The lowest BCUT2D eigenvalue weighted by atomic mass is 10.1. The Balaban J connectivity index is 2.55. The van der Waals surface area contributed by atoms with Crippen molar-refractivity contribution in [3.05, 3.63) is 23.7 Å². The van der Waals surface area contributed by atoms with E-state index in [9.17, 15) is 5.11 Å². The molecule has 0 saturated heterocycles. The van der Waals surface area contributed by atoms with E-state index < -0.39 is 0 Å². The maximum atomic E-state index is 9.29. The van der Waals surface area contributed by atoms with E-state index in [4.69, 9.17) is 10.2 Å². The van der Waals surface area contributed by atoms with Crippen LogP contribution >= 0.6 is 0 Å². The van der Waals surface area contributed by atoms with E-state index in [1.807, 2.05) is 26.0 Å². The van der Waals surface area contributed by atoms with Gasteiger partial charge in [0.05, 0.1) is 12.1 Å². The first-order valence-electron chi connectivity index (χ1n) is 5.73. The van der Waals surface area contributed by atoms with Crippen molar-refractivity contribution in [2.45, 2.75) is 45.4 Å². The quantitative estimate of drug-likeness (QED) is 0.684. The molecule has 92 valence electrons. The summed E-state index contributed by atoms with van der Waals surface area (Å²) >= 11 is 0. The van der Waals surface area contributed by atoms with Crippen LogP contribution in [0.5, 0.6) is 0 Å². The van der Waals surface area contributed by atoms with Crippen molar-refractivity contribution < 1.29 is 9.52 Å². The molecule has 4 nitrogen and oxygen atoms in total. The molecule has 1 rings (SSSR count). The molecule has 1 aromatic heterocycles. The molecule has 0 radical (unpaired) electrons. The van der Waals surface area contributed by atoms with Crippen LogP contribution < -0.4 is 11.1 Å². The smallest absolute Gasteiger partial charge is 0.122 e. The Labute approximate surface area is 96.8 Å². The lowest BCUT2D eigenvalue weighted by molar-refractivity contribution is 0.166. The largest absolute Gasteiger partial charge is 0.465 e. The number of hydrogen-bond acceptors (Lipinski definition) is 4. The van der Waals surface area contributed by atoms with E-state index in [1.54, 1.807) is 6.92 Å². The zero-order chi connectivity index (χ0) is 12.1. The maximum absolute atomic E-state index is 9.29. The molecule has 3 unspecified atom stereocenters. The Morgan fingerprint density at radius 2 is 2.12 bits per heavy atom. The zero-order valence-electron chi connectivity index (χ0n) is 10.2. The van der Waals surface area contributed by atoms with Gasteiger partial charge >= 0.3 is 0 Å². The highest BCUT2D eigenvalue weighted by Crippen LogP contribution is 2.16. The highest BCUT2D eigenvalue weighted by Gasteiger charge is 2.16. The number of aliphatic hydroxyl groups excluding tert-OH is 1. The molecule has 0 amide bonds. The minimum Gasteiger partial charge on any atom is -0.465 e. The van der Waals surface area contributed by atoms with Gasteiger partial charge in [-0.05, 0) is 39.3 Å². The summed E-state index contributed by atoms with van der Waals surface area (Å²) < 4.78 is 5.54. The van der Waals surface area contributed by atoms with Crippen LogP contribution in [0.25, 0.3) is 0 Å². The first-order valence-corrected chi connectivity index (χ1v) is 5.73. The molecular formula is C12H22N2O2. The summed E-state index contributed by atoms with van der Waals surface area (Å²) in [4.78, 5) is 0. The van der Waals surface area contributed by atoms with Crippen LogP contribution in [0.15, 0.2) is 16.5 Å². The average Bonchev–Trinajstić information content (AvgIpc) is 2.60. The van der Waals surface area contributed by atoms with E-state index in [0.717, 1.165) is 11.5 Å². The average molecular weight is 226 g/mol. The van der Waals surface area contributed by atoms with Crippen LogP contribution in [-0.4, -0.2) is 23.8 Å². The number of rotatable bonds is 6. The van der Waals surface area contributed by atoms with Gasteiger partial charge in [0.2, 0.25) is 0 Å². The molecule has 4 heteroatoms. The van der Waals surface area contributed by atoms with E-state index in [-0.39, 0.29) is 18.2 Å². The molecule has 0 saturated carbocycles. The predicted octanol–water partition coefficient (Wildman–Crippen LogP) is 1.34. The van der Waals surface area contributed by atoms with E-state index in [1.165, 1.54) is 0 Å². The molecule has 0 bridgehead atoms. The summed E-state index contributed by atoms with van der Waals surface area (Å²) in [6.07, 6.45) is 0.398. The van der Waals surface area contributed by atoms with Gasteiger partial charge in [-0.25, -0.2) is 0 Å². The topological polar surface area (TPSA) is 71.4 Å². The predicted molar refractivity (Wildman–Crippen MR) is 64.1 cm³/mol. The summed E-state index contributed by atoms with van der Waals surface area (Å²) in [5, 5.41) is 12.6. The lowest BCUT2D eigenvalue weighted by Gasteiger charge is -2.21. The van der Waals surface area contributed by atoms with Crippen molar-refractivity contribution in [2.75, 3.05) is 6.54 Å². The standard InChI is InChI=1S/C12H22N2O2/c1-8(6-9(2)15)14-11(7-13)12-5-4-10(3)16-12/h4-5,8-9,11,14-15H,6-7,13H2,1-3H3. The summed E-state index contributed by atoms with van der Waals surface area (Å²) in [5.74, 6) is 1.75. The highest BCUT2D eigenvalue weighted by molar-refractivity contribution is 5.10. The molecule has 1 aromatic rings. The third-order valence-corrected chi connectivity index (χ3v) is 2.52. The van der Waals surface area contributed by atoms with E-state index in [2.05, 4.69) is 5.32 Å². The molecule has 16 heavy (non-hydrogen) atoms. The monoisotopic (exact) mass is 226 g/mol. The first kappa shape index (κ1) is 13.2. The molecule has 0 aromatic carbocycles. The number of aliphatic hydroxyl groups is 1. The first-order chi connectivity index (χ1) is 7.52. The van der Waals surface area contributed by atoms with Gasteiger partial charge in [-0.1, -0.05) is 0 Å². The minimum absolute atomic E-state index is 0.0162. The Hall–Kier alpha value is -0.840. The van der Waals surface area contributed by atoms with Crippen LogP contribution in [-0.2, 0) is 0 Å². The number of nitrogens with one attached hydrogen (secondary N) is 1. The van der Waals surface area contributed by atoms with E-state index >= 15 is 0 Å². The Morgan fingerprint density at radius 3 is 2.56 bits per heavy atom. The molecule has 0 aliphatic heterocycles. The van der Waals surface area contributed by atoms with Crippen molar-refractivity contribution in [3.8, 4) is 0 Å². The molecule has 0 fully saturated rings. The Kier molecular flexibility index (Phi) is 4.99. The van der Waals surface area contributed by atoms with Gasteiger partial charge in [-0.2, -0.15) is 0 Å². The zero-order valence-corrected chi connectivity index (χ0v) is 10.2. The minimum atomic E-state index is -0.306. The second-order valence-electron chi connectivity index (χ2n) is 4.39. The second-order valence-corrected chi connectivity index (χ2v) is 4.39. The van der Waals surface area contributed by atoms with Crippen molar-refractivity contribution in [3.63, 3.8) is 0 Å².